The number of nitrogens with one attached hydrogen (secondary N) is 3. The number of anilines is 1. The van der Waals surface area contributed by atoms with Crippen molar-refractivity contribution >= 4 is 17.5 Å². The first-order valence-electron chi connectivity index (χ1n) is 8.05. The van der Waals surface area contributed by atoms with Crippen molar-refractivity contribution in [1.82, 2.24) is 15.3 Å². The van der Waals surface area contributed by atoms with Crippen LogP contribution in [0.15, 0.2) is 29.1 Å². The molecule has 3 N–H and O–H groups in total. The van der Waals surface area contributed by atoms with E-state index in [1.54, 1.807) is 13.0 Å². The van der Waals surface area contributed by atoms with E-state index in [2.05, 4.69) is 20.6 Å². The van der Waals surface area contributed by atoms with Gasteiger partial charge in [-0.25, -0.2) is 4.98 Å². The van der Waals surface area contributed by atoms with Crippen LogP contribution in [0.25, 0.3) is 0 Å². The van der Waals surface area contributed by atoms with Crippen molar-refractivity contribution in [3.05, 3.63) is 57.3 Å². The Balaban J connectivity index is 1.80. The summed E-state index contributed by atoms with van der Waals surface area (Å²) in [7, 11) is 0. The molecule has 25 heavy (non-hydrogen) atoms. The molecule has 2 aromatic rings. The maximum Gasteiger partial charge on any atom is 0.251 e. The van der Waals surface area contributed by atoms with Crippen LogP contribution in [0, 0.1) is 20.8 Å². The molecule has 0 aliphatic rings. The molecular formula is C18H22N4O3. The number of aryl methyl sites for hydroxylation is 2. The number of carbonyl (C=O) groups is 2. The van der Waals surface area contributed by atoms with E-state index in [1.165, 1.54) is 6.07 Å². The summed E-state index contributed by atoms with van der Waals surface area (Å²) >= 11 is 0. The van der Waals surface area contributed by atoms with Gasteiger partial charge in [-0.2, -0.15) is 0 Å². The van der Waals surface area contributed by atoms with E-state index >= 15 is 0 Å². The number of aromatic nitrogens is 2. The van der Waals surface area contributed by atoms with Crippen LogP contribution in [0.2, 0.25) is 0 Å². The molecule has 0 fully saturated rings. The summed E-state index contributed by atoms with van der Waals surface area (Å²) in [6.07, 6.45) is 0.171. The summed E-state index contributed by atoms with van der Waals surface area (Å²) in [5.74, 6) is -0.206. The van der Waals surface area contributed by atoms with Crippen molar-refractivity contribution < 1.29 is 9.59 Å². The van der Waals surface area contributed by atoms with Gasteiger partial charge in [-0.15, -0.1) is 0 Å². The van der Waals surface area contributed by atoms with Crippen molar-refractivity contribution in [2.75, 3.05) is 11.9 Å². The lowest BCUT2D eigenvalue weighted by molar-refractivity contribution is -0.126. The fraction of sp³-hybridized carbons (Fsp3) is 0.333. The molecule has 0 aliphatic carbocycles. The third kappa shape index (κ3) is 5.56. The number of aromatic amines is 1. The normalized spacial score (nSPS) is 10.4. The topological polar surface area (TPSA) is 104 Å². The van der Waals surface area contributed by atoms with E-state index in [4.69, 9.17) is 0 Å². The Bertz CT molecular complexity index is 842. The summed E-state index contributed by atoms with van der Waals surface area (Å²) in [4.78, 5) is 41.9. The van der Waals surface area contributed by atoms with Crippen molar-refractivity contribution in [1.29, 1.82) is 0 Å². The molecule has 7 nitrogen and oxygen atoms in total. The maximum absolute atomic E-state index is 12.0. The second-order valence-corrected chi connectivity index (χ2v) is 5.89. The number of hydrogen-bond donors (Lipinski definition) is 3. The first-order valence-corrected chi connectivity index (χ1v) is 8.05. The van der Waals surface area contributed by atoms with Gasteiger partial charge in [-0.05, 0) is 38.0 Å². The standard InChI is InChI=1S/C18H22N4O3/c1-11-5-4-6-15(12(11)2)22-18(25)10-16(23)19-8-7-14-9-17(24)21-13(3)20-14/h4-6,9H,7-8,10H2,1-3H3,(H,19,23)(H,22,25)(H,20,21,24). The third-order valence-corrected chi connectivity index (χ3v) is 3.82. The van der Waals surface area contributed by atoms with Crippen molar-refractivity contribution in [2.24, 2.45) is 0 Å². The highest BCUT2D eigenvalue weighted by atomic mass is 16.2. The smallest absolute Gasteiger partial charge is 0.251 e. The van der Waals surface area contributed by atoms with Crippen LogP contribution in [-0.2, 0) is 16.0 Å². The van der Waals surface area contributed by atoms with Gasteiger partial charge in [0.15, 0.2) is 0 Å². The second-order valence-electron chi connectivity index (χ2n) is 5.89. The molecule has 0 aliphatic heterocycles. The van der Waals surface area contributed by atoms with Crippen LogP contribution in [0.3, 0.4) is 0 Å². The van der Waals surface area contributed by atoms with Crippen LogP contribution in [0.1, 0.15) is 29.1 Å². The lowest BCUT2D eigenvalue weighted by Crippen LogP contribution is -2.30. The van der Waals surface area contributed by atoms with E-state index in [9.17, 15) is 14.4 Å². The quantitative estimate of drug-likeness (QED) is 0.690. The molecule has 0 spiro atoms. The second kappa shape index (κ2) is 8.23. The van der Waals surface area contributed by atoms with E-state index in [0.717, 1.165) is 11.1 Å². The molecule has 132 valence electrons. The van der Waals surface area contributed by atoms with Crippen LogP contribution >= 0.6 is 0 Å². The number of hydrogen-bond acceptors (Lipinski definition) is 4. The summed E-state index contributed by atoms with van der Waals surface area (Å²) in [5, 5.41) is 5.41. The van der Waals surface area contributed by atoms with Gasteiger partial charge in [0.25, 0.3) is 5.56 Å². The Morgan fingerprint density at radius 3 is 2.64 bits per heavy atom. The van der Waals surface area contributed by atoms with Crippen molar-refractivity contribution in [2.45, 2.75) is 33.6 Å². The lowest BCUT2D eigenvalue weighted by atomic mass is 10.1. The Hall–Kier alpha value is -2.96. The third-order valence-electron chi connectivity index (χ3n) is 3.82. The fourth-order valence-corrected chi connectivity index (χ4v) is 2.39. The maximum atomic E-state index is 12.0. The fourth-order valence-electron chi connectivity index (χ4n) is 2.39. The van der Waals surface area contributed by atoms with Crippen LogP contribution in [0.5, 0.6) is 0 Å². The van der Waals surface area contributed by atoms with Gasteiger partial charge in [0.05, 0.1) is 0 Å². The lowest BCUT2D eigenvalue weighted by Gasteiger charge is -2.10. The molecule has 0 saturated heterocycles. The molecule has 0 atom stereocenters. The number of rotatable bonds is 6. The largest absolute Gasteiger partial charge is 0.355 e. The molecule has 1 heterocycles. The molecule has 0 bridgehead atoms. The molecule has 0 unspecified atom stereocenters. The predicted octanol–water partition coefficient (Wildman–Crippen LogP) is 1.38. The molecule has 1 aromatic carbocycles. The van der Waals surface area contributed by atoms with Gasteiger partial charge in [-0.1, -0.05) is 12.1 Å². The summed E-state index contributed by atoms with van der Waals surface area (Å²) in [6.45, 7) is 5.89. The zero-order chi connectivity index (χ0) is 18.4. The van der Waals surface area contributed by atoms with Crippen LogP contribution in [-0.4, -0.2) is 28.3 Å². The minimum absolute atomic E-state index is 0.221. The highest BCUT2D eigenvalue weighted by Crippen LogP contribution is 2.17. The molecule has 1 aromatic heterocycles. The van der Waals surface area contributed by atoms with Crippen molar-refractivity contribution in [3.63, 3.8) is 0 Å². The van der Waals surface area contributed by atoms with Gasteiger partial charge in [0.2, 0.25) is 11.8 Å². The zero-order valence-electron chi connectivity index (χ0n) is 14.6. The highest BCUT2D eigenvalue weighted by molar-refractivity contribution is 6.03. The van der Waals surface area contributed by atoms with Crippen molar-refractivity contribution in [3.8, 4) is 0 Å². The predicted molar refractivity (Wildman–Crippen MR) is 95.5 cm³/mol. The number of benzene rings is 1. The van der Waals surface area contributed by atoms with E-state index in [-0.39, 0.29) is 23.8 Å². The Morgan fingerprint density at radius 2 is 1.92 bits per heavy atom. The molecular weight excluding hydrogens is 320 g/mol. The Kier molecular flexibility index (Phi) is 6.05. The van der Waals surface area contributed by atoms with Gasteiger partial charge in [-0.3, -0.25) is 14.4 Å². The molecule has 7 heteroatoms. The van der Waals surface area contributed by atoms with Gasteiger partial charge in [0, 0.05) is 30.4 Å². The van der Waals surface area contributed by atoms with Gasteiger partial charge in [0.1, 0.15) is 12.2 Å². The summed E-state index contributed by atoms with van der Waals surface area (Å²) in [5.41, 5.74) is 3.14. The monoisotopic (exact) mass is 342 g/mol. The Labute approximate surface area is 145 Å². The Morgan fingerprint density at radius 1 is 1.16 bits per heavy atom. The minimum Gasteiger partial charge on any atom is -0.355 e. The highest BCUT2D eigenvalue weighted by Gasteiger charge is 2.11. The average Bonchev–Trinajstić information content (AvgIpc) is 2.51. The van der Waals surface area contributed by atoms with Gasteiger partial charge >= 0.3 is 0 Å². The van der Waals surface area contributed by atoms with E-state index < -0.39 is 0 Å². The number of H-pyrrole nitrogens is 1. The summed E-state index contributed by atoms with van der Waals surface area (Å²) in [6, 6.07) is 7.02. The minimum atomic E-state index is -0.371. The number of amides is 2. The van der Waals surface area contributed by atoms with Crippen LogP contribution in [0.4, 0.5) is 5.69 Å². The average molecular weight is 342 g/mol. The van der Waals surface area contributed by atoms with E-state index in [0.29, 0.717) is 30.2 Å². The summed E-state index contributed by atoms with van der Waals surface area (Å²) < 4.78 is 0. The number of carbonyl (C=O) groups excluding carboxylic acids is 2. The molecule has 2 rings (SSSR count). The SMILES string of the molecule is Cc1nc(CCNC(=O)CC(=O)Nc2cccc(C)c2C)cc(=O)[nH]1. The first-order chi connectivity index (χ1) is 11.8. The van der Waals surface area contributed by atoms with Gasteiger partial charge < -0.3 is 15.6 Å². The molecule has 0 saturated carbocycles. The number of nitrogens with zero attached hydrogens (tertiary/aromatic N) is 1. The first kappa shape index (κ1) is 18.4. The molecule has 0 radical (unpaired) electrons. The molecule has 2 amide bonds. The zero-order valence-corrected chi connectivity index (χ0v) is 14.6. The van der Waals surface area contributed by atoms with Crippen LogP contribution < -0.4 is 16.2 Å². The van der Waals surface area contributed by atoms with E-state index in [1.807, 2.05) is 26.0 Å².